The van der Waals surface area contributed by atoms with Gasteiger partial charge in [0.1, 0.15) is 0 Å². The first-order chi connectivity index (χ1) is 15.8. The molecule has 2 rings (SSSR count). The molecule has 0 amide bonds. The van der Waals surface area contributed by atoms with Crippen LogP contribution < -0.4 is 4.57 Å². The Kier molecular flexibility index (Phi) is 14.4. The highest BCUT2D eigenvalue weighted by Crippen LogP contribution is 2.14. The molecule has 0 aliphatic rings. The predicted molar refractivity (Wildman–Crippen MR) is 136 cm³/mol. The van der Waals surface area contributed by atoms with E-state index in [0.29, 0.717) is 6.42 Å². The minimum Gasteiger partial charge on any atom is -0.294 e. The summed E-state index contributed by atoms with van der Waals surface area (Å²) in [5, 5.41) is 0. The molecule has 0 atom stereocenters. The molecule has 0 aliphatic heterocycles. The average Bonchev–Trinajstić information content (AvgIpc) is 2.82. The van der Waals surface area contributed by atoms with Crippen LogP contribution in [0.2, 0.25) is 0 Å². The van der Waals surface area contributed by atoms with Crippen molar-refractivity contribution in [2.45, 2.75) is 116 Å². The summed E-state index contributed by atoms with van der Waals surface area (Å²) in [4.78, 5) is 12.4. The second-order valence-corrected chi connectivity index (χ2v) is 9.37. The van der Waals surface area contributed by atoms with Crippen molar-refractivity contribution in [2.24, 2.45) is 0 Å². The van der Waals surface area contributed by atoms with E-state index in [2.05, 4.69) is 35.8 Å². The van der Waals surface area contributed by atoms with E-state index in [1.807, 2.05) is 30.6 Å². The van der Waals surface area contributed by atoms with Crippen molar-refractivity contribution in [3.05, 3.63) is 66.0 Å². The smallest absolute Gasteiger partial charge is 0.173 e. The molecule has 0 N–H and O–H groups in total. The number of benzene rings is 1. The van der Waals surface area contributed by atoms with Gasteiger partial charge in [0.25, 0.3) is 0 Å². The molecule has 2 aromatic rings. The molecule has 0 bridgehead atoms. The van der Waals surface area contributed by atoms with E-state index in [1.165, 1.54) is 95.5 Å². The maximum atomic E-state index is 12.4. The van der Waals surface area contributed by atoms with Crippen LogP contribution in [0.1, 0.15) is 126 Å². The fraction of sp³-hybridized carbons (Fsp3) is 0.600. The van der Waals surface area contributed by atoms with Crippen LogP contribution >= 0.6 is 0 Å². The highest BCUT2D eigenvalue weighted by molar-refractivity contribution is 5.95. The van der Waals surface area contributed by atoms with Crippen LogP contribution in [0.15, 0.2) is 54.9 Å². The summed E-state index contributed by atoms with van der Waals surface area (Å²) >= 11 is 0. The molecule has 0 unspecified atom stereocenters. The first kappa shape index (κ1) is 26.3. The van der Waals surface area contributed by atoms with Crippen molar-refractivity contribution < 1.29 is 9.36 Å². The Labute approximate surface area is 197 Å². The van der Waals surface area contributed by atoms with Gasteiger partial charge in [0.15, 0.2) is 24.7 Å². The number of ketones is 1. The highest BCUT2D eigenvalue weighted by atomic mass is 16.1. The van der Waals surface area contributed by atoms with E-state index in [-0.39, 0.29) is 5.78 Å². The van der Waals surface area contributed by atoms with Crippen LogP contribution in [0.5, 0.6) is 0 Å². The Morgan fingerprint density at radius 1 is 0.625 bits per heavy atom. The van der Waals surface area contributed by atoms with Crippen molar-refractivity contribution >= 4 is 5.78 Å². The number of carbonyl (C=O) groups is 1. The van der Waals surface area contributed by atoms with E-state index in [4.69, 9.17) is 0 Å². The van der Waals surface area contributed by atoms with Crippen LogP contribution in [0, 0.1) is 0 Å². The topological polar surface area (TPSA) is 20.9 Å². The molecular weight excluding hydrogens is 390 g/mol. The lowest BCUT2D eigenvalue weighted by atomic mass is 10.0. The fourth-order valence-corrected chi connectivity index (χ4v) is 4.34. The average molecular weight is 437 g/mol. The van der Waals surface area contributed by atoms with Crippen LogP contribution in [0.4, 0.5) is 0 Å². The largest absolute Gasteiger partial charge is 0.294 e. The van der Waals surface area contributed by atoms with Gasteiger partial charge in [-0.2, -0.15) is 0 Å². The van der Waals surface area contributed by atoms with Crippen molar-refractivity contribution in [2.75, 3.05) is 0 Å². The molecule has 1 aromatic heterocycles. The van der Waals surface area contributed by atoms with Crippen molar-refractivity contribution in [1.29, 1.82) is 0 Å². The van der Waals surface area contributed by atoms with E-state index in [9.17, 15) is 4.79 Å². The molecule has 1 heterocycles. The zero-order valence-corrected chi connectivity index (χ0v) is 20.6. The molecule has 0 spiro atoms. The summed E-state index contributed by atoms with van der Waals surface area (Å²) < 4.78 is 2.12. The van der Waals surface area contributed by atoms with Gasteiger partial charge in [-0.1, -0.05) is 127 Å². The maximum absolute atomic E-state index is 12.4. The van der Waals surface area contributed by atoms with E-state index >= 15 is 0 Å². The third kappa shape index (κ3) is 12.2. The molecule has 176 valence electrons. The number of pyridine rings is 1. The Balaban J connectivity index is 1.43. The highest BCUT2D eigenvalue weighted by Gasteiger charge is 2.09. The molecule has 0 saturated carbocycles. The normalized spacial score (nSPS) is 11.0. The molecule has 0 aliphatic carbocycles. The zero-order valence-electron chi connectivity index (χ0n) is 20.6. The molecule has 0 radical (unpaired) electrons. The number of hydrogen-bond acceptors (Lipinski definition) is 1. The third-order valence-electron chi connectivity index (χ3n) is 6.43. The summed E-state index contributed by atoms with van der Waals surface area (Å²) in [5.74, 6) is 0.284. The monoisotopic (exact) mass is 436 g/mol. The van der Waals surface area contributed by atoms with Gasteiger partial charge >= 0.3 is 0 Å². The molecule has 0 saturated heterocycles. The Hall–Kier alpha value is -1.96. The fourth-order valence-electron chi connectivity index (χ4n) is 4.34. The van der Waals surface area contributed by atoms with Crippen molar-refractivity contribution in [3.8, 4) is 0 Å². The van der Waals surface area contributed by atoms with Gasteiger partial charge in [0.2, 0.25) is 0 Å². The third-order valence-corrected chi connectivity index (χ3v) is 6.43. The summed E-state index contributed by atoms with van der Waals surface area (Å²) in [6.45, 7) is 3.13. The number of rotatable bonds is 19. The second-order valence-electron chi connectivity index (χ2n) is 9.37. The van der Waals surface area contributed by atoms with Crippen LogP contribution in [0.25, 0.3) is 0 Å². The quantitative estimate of drug-likeness (QED) is 0.123. The second kappa shape index (κ2) is 17.6. The lowest BCUT2D eigenvalue weighted by Gasteiger charge is -2.04. The van der Waals surface area contributed by atoms with Crippen LogP contribution in [-0.4, -0.2) is 5.78 Å². The lowest BCUT2D eigenvalue weighted by molar-refractivity contribution is -0.688. The van der Waals surface area contributed by atoms with Gasteiger partial charge in [-0.15, -0.1) is 0 Å². The van der Waals surface area contributed by atoms with Gasteiger partial charge in [-0.25, -0.2) is 4.57 Å². The number of unbranched alkanes of at least 4 members (excludes halogenated alkanes) is 14. The summed E-state index contributed by atoms with van der Waals surface area (Å²) in [6, 6.07) is 14.3. The molecule has 1 aromatic carbocycles. The molecule has 0 fully saturated rings. The Bertz CT molecular complexity index is 707. The van der Waals surface area contributed by atoms with Crippen molar-refractivity contribution in [3.63, 3.8) is 0 Å². The minimum absolute atomic E-state index is 0.284. The van der Waals surface area contributed by atoms with Crippen LogP contribution in [0.3, 0.4) is 0 Å². The zero-order chi connectivity index (χ0) is 22.7. The van der Waals surface area contributed by atoms with Gasteiger partial charge in [-0.3, -0.25) is 4.79 Å². The predicted octanol–water partition coefficient (Wildman–Crippen LogP) is 8.47. The van der Waals surface area contributed by atoms with E-state index in [0.717, 1.165) is 18.5 Å². The summed E-state index contributed by atoms with van der Waals surface area (Å²) in [5.41, 5.74) is 2.12. The van der Waals surface area contributed by atoms with E-state index < -0.39 is 0 Å². The van der Waals surface area contributed by atoms with Gasteiger partial charge in [0.05, 0.1) is 0 Å². The summed E-state index contributed by atoms with van der Waals surface area (Å²) in [6.07, 6.45) is 25.1. The SMILES string of the molecule is CCCCCCCCCCCCCCCCCC(=O)c1cc[n+](Cc2ccccc2)cc1. The van der Waals surface area contributed by atoms with Crippen molar-refractivity contribution in [1.82, 2.24) is 0 Å². The molecule has 2 heteroatoms. The Morgan fingerprint density at radius 3 is 1.59 bits per heavy atom. The van der Waals surface area contributed by atoms with Crippen LogP contribution in [-0.2, 0) is 6.54 Å². The van der Waals surface area contributed by atoms with Gasteiger partial charge in [-0.05, 0) is 6.42 Å². The number of Topliss-reactive ketones (excluding diaryl/α,β-unsaturated/α-hetero) is 1. The first-order valence-electron chi connectivity index (χ1n) is 13.4. The number of nitrogens with zero attached hydrogens (tertiary/aromatic N) is 1. The number of carbonyl (C=O) groups excluding carboxylic acids is 1. The van der Waals surface area contributed by atoms with Gasteiger partial charge < -0.3 is 0 Å². The Morgan fingerprint density at radius 2 is 1.09 bits per heavy atom. The lowest BCUT2D eigenvalue weighted by Crippen LogP contribution is -2.33. The number of hydrogen-bond donors (Lipinski definition) is 0. The molecule has 2 nitrogen and oxygen atoms in total. The van der Waals surface area contributed by atoms with Gasteiger partial charge in [0, 0.05) is 29.7 Å². The molecule has 32 heavy (non-hydrogen) atoms. The minimum atomic E-state index is 0.284. The summed E-state index contributed by atoms with van der Waals surface area (Å²) in [7, 11) is 0. The molecular formula is C30H46NO+. The number of aromatic nitrogens is 1. The maximum Gasteiger partial charge on any atom is 0.173 e. The standard InChI is InChI=1S/C30H46NO/c1-2-3-4-5-6-7-8-9-10-11-12-13-14-15-19-22-30(32)29-23-25-31(26-24-29)27-28-20-17-16-18-21-28/h16-18,20-21,23-26H,2-15,19,22,27H2,1H3/q+1. The van der Waals surface area contributed by atoms with E-state index in [1.54, 1.807) is 0 Å². The first-order valence-corrected chi connectivity index (χ1v) is 13.4.